The third-order valence-corrected chi connectivity index (χ3v) is 5.58. The molecule has 0 bridgehead atoms. The monoisotopic (exact) mass is 387 g/mol. The minimum Gasteiger partial charge on any atom is -0.497 e. The van der Waals surface area contributed by atoms with Crippen LogP contribution in [0.2, 0.25) is 0 Å². The van der Waals surface area contributed by atoms with Crippen molar-refractivity contribution in [1.82, 2.24) is 10.3 Å². The van der Waals surface area contributed by atoms with Crippen LogP contribution in [0.25, 0.3) is 0 Å². The fraction of sp³-hybridized carbons (Fsp3) is 0.524. The van der Waals surface area contributed by atoms with Crippen LogP contribution in [0.3, 0.4) is 0 Å². The Bertz CT molecular complexity index is 775. The zero-order valence-electron chi connectivity index (χ0n) is 16.8. The van der Waals surface area contributed by atoms with Gasteiger partial charge in [0.25, 0.3) is 0 Å². The number of nitrogens with one attached hydrogen (secondary N) is 1. The summed E-state index contributed by atoms with van der Waals surface area (Å²) in [5.74, 6) is 0.868. The Morgan fingerprint density at radius 2 is 2.00 bits per heavy atom. The number of amides is 1. The Kier molecular flexibility index (Phi) is 5.75. The normalized spacial score (nSPS) is 15.3. The molecule has 1 aromatic carbocycles. The Morgan fingerprint density at radius 1 is 1.33 bits per heavy atom. The number of aromatic nitrogens is 1. The third-order valence-electron chi connectivity index (χ3n) is 4.74. The van der Waals surface area contributed by atoms with Gasteiger partial charge in [-0.2, -0.15) is 0 Å². The highest BCUT2D eigenvalue weighted by Gasteiger charge is 2.33. The minimum atomic E-state index is -0.294. The number of hydrogen-bond donors (Lipinski definition) is 1. The maximum absolute atomic E-state index is 12.9. The van der Waals surface area contributed by atoms with E-state index in [1.165, 1.54) is 0 Å². The molecule has 0 spiro atoms. The van der Waals surface area contributed by atoms with E-state index in [0.29, 0.717) is 12.5 Å². The SMILES string of the molecule is CC[C@@H](C(=O)NC1CC1)N(c1ccc(OC)cc1)c1nc(C(C)(C)C)cs1. The summed E-state index contributed by atoms with van der Waals surface area (Å²) in [5.41, 5.74) is 1.96. The van der Waals surface area contributed by atoms with Crippen molar-refractivity contribution in [1.29, 1.82) is 0 Å². The van der Waals surface area contributed by atoms with Crippen LogP contribution in [0, 0.1) is 0 Å². The number of rotatable bonds is 7. The molecule has 2 aromatic rings. The molecular weight excluding hydrogens is 358 g/mol. The summed E-state index contributed by atoms with van der Waals surface area (Å²) in [4.78, 5) is 19.9. The first-order valence-corrected chi connectivity index (χ1v) is 10.4. The van der Waals surface area contributed by atoms with Crippen molar-refractivity contribution < 1.29 is 9.53 Å². The molecule has 0 aliphatic heterocycles. The average Bonchev–Trinajstić information content (AvgIpc) is 3.30. The summed E-state index contributed by atoms with van der Waals surface area (Å²) >= 11 is 1.59. The van der Waals surface area contributed by atoms with E-state index in [9.17, 15) is 4.79 Å². The van der Waals surface area contributed by atoms with E-state index >= 15 is 0 Å². The van der Waals surface area contributed by atoms with Crippen molar-refractivity contribution >= 4 is 28.1 Å². The van der Waals surface area contributed by atoms with E-state index in [1.54, 1.807) is 18.4 Å². The molecule has 1 N–H and O–H groups in total. The molecule has 0 saturated heterocycles. The van der Waals surface area contributed by atoms with E-state index in [-0.39, 0.29) is 17.4 Å². The van der Waals surface area contributed by atoms with Gasteiger partial charge in [-0.3, -0.25) is 4.79 Å². The Labute approximate surface area is 165 Å². The summed E-state index contributed by atoms with van der Waals surface area (Å²) in [5, 5.41) is 6.10. The van der Waals surface area contributed by atoms with Gasteiger partial charge in [0.15, 0.2) is 5.13 Å². The van der Waals surface area contributed by atoms with Gasteiger partial charge in [0.1, 0.15) is 11.8 Å². The van der Waals surface area contributed by atoms with Crippen molar-refractivity contribution in [2.75, 3.05) is 12.0 Å². The molecule has 1 atom stereocenters. The lowest BCUT2D eigenvalue weighted by Gasteiger charge is -2.30. The van der Waals surface area contributed by atoms with Crippen LogP contribution >= 0.6 is 11.3 Å². The van der Waals surface area contributed by atoms with Gasteiger partial charge < -0.3 is 15.0 Å². The molecule has 1 aromatic heterocycles. The van der Waals surface area contributed by atoms with Gasteiger partial charge >= 0.3 is 0 Å². The fourth-order valence-corrected chi connectivity index (χ4v) is 4.02. The maximum Gasteiger partial charge on any atom is 0.243 e. The number of anilines is 2. The van der Waals surface area contributed by atoms with Crippen LogP contribution in [0.1, 0.15) is 52.7 Å². The second kappa shape index (κ2) is 7.89. The summed E-state index contributed by atoms with van der Waals surface area (Å²) in [6, 6.07) is 7.87. The molecule has 5 nitrogen and oxygen atoms in total. The largest absolute Gasteiger partial charge is 0.497 e. The molecule has 1 aliphatic rings. The highest BCUT2D eigenvalue weighted by Crippen LogP contribution is 2.36. The van der Waals surface area contributed by atoms with Crippen molar-refractivity contribution in [2.24, 2.45) is 0 Å². The first-order chi connectivity index (χ1) is 12.8. The van der Waals surface area contributed by atoms with E-state index in [0.717, 1.165) is 35.1 Å². The summed E-state index contributed by atoms with van der Waals surface area (Å²) in [6.07, 6.45) is 2.86. The molecule has 1 saturated carbocycles. The summed E-state index contributed by atoms with van der Waals surface area (Å²) in [6.45, 7) is 8.51. The molecule has 3 rings (SSSR count). The molecular formula is C21H29N3O2S. The van der Waals surface area contributed by atoms with Gasteiger partial charge in [0.05, 0.1) is 12.8 Å². The second-order valence-electron chi connectivity index (χ2n) is 8.04. The highest BCUT2D eigenvalue weighted by atomic mass is 32.1. The first-order valence-electron chi connectivity index (χ1n) is 9.53. The van der Waals surface area contributed by atoms with Gasteiger partial charge in [-0.1, -0.05) is 27.7 Å². The Morgan fingerprint density at radius 3 is 2.48 bits per heavy atom. The maximum atomic E-state index is 12.9. The lowest BCUT2D eigenvalue weighted by molar-refractivity contribution is -0.122. The molecule has 27 heavy (non-hydrogen) atoms. The third kappa shape index (κ3) is 4.61. The molecule has 6 heteroatoms. The van der Waals surface area contributed by atoms with Gasteiger partial charge in [0.2, 0.25) is 5.91 Å². The lowest BCUT2D eigenvalue weighted by atomic mass is 9.93. The molecule has 1 aliphatic carbocycles. The number of thiazole rings is 1. The zero-order chi connectivity index (χ0) is 19.6. The van der Waals surface area contributed by atoms with Crippen LogP contribution in [-0.2, 0) is 10.2 Å². The Balaban J connectivity index is 1.98. The van der Waals surface area contributed by atoms with Crippen molar-refractivity contribution in [3.05, 3.63) is 35.3 Å². The predicted octanol–water partition coefficient (Wildman–Crippen LogP) is 4.64. The minimum absolute atomic E-state index is 0.0295. The van der Waals surface area contributed by atoms with Crippen LogP contribution in [0.15, 0.2) is 29.6 Å². The predicted molar refractivity (Wildman–Crippen MR) is 111 cm³/mol. The highest BCUT2D eigenvalue weighted by molar-refractivity contribution is 7.13. The molecule has 146 valence electrons. The van der Waals surface area contributed by atoms with E-state index in [1.807, 2.05) is 31.2 Å². The topological polar surface area (TPSA) is 54.5 Å². The Hall–Kier alpha value is -2.08. The van der Waals surface area contributed by atoms with Gasteiger partial charge in [-0.05, 0) is 43.5 Å². The van der Waals surface area contributed by atoms with Crippen LogP contribution < -0.4 is 15.0 Å². The van der Waals surface area contributed by atoms with Gasteiger partial charge in [0, 0.05) is 22.5 Å². The summed E-state index contributed by atoms with van der Waals surface area (Å²) in [7, 11) is 1.65. The summed E-state index contributed by atoms with van der Waals surface area (Å²) < 4.78 is 5.29. The van der Waals surface area contributed by atoms with Gasteiger partial charge in [-0.25, -0.2) is 4.98 Å². The molecule has 1 heterocycles. The van der Waals surface area contributed by atoms with Crippen LogP contribution in [0.4, 0.5) is 10.8 Å². The first kappa shape index (κ1) is 19.7. The number of nitrogens with zero attached hydrogens (tertiary/aromatic N) is 2. The van der Waals surface area contributed by atoms with Gasteiger partial charge in [-0.15, -0.1) is 11.3 Å². The van der Waals surface area contributed by atoms with E-state index < -0.39 is 0 Å². The number of ether oxygens (including phenoxy) is 1. The van der Waals surface area contributed by atoms with E-state index in [4.69, 9.17) is 9.72 Å². The number of methoxy groups -OCH3 is 1. The number of benzene rings is 1. The number of carbonyl (C=O) groups excluding carboxylic acids is 1. The molecule has 1 amide bonds. The standard InChI is InChI=1S/C21H29N3O2S/c1-6-17(19(25)22-14-7-8-14)24(15-9-11-16(26-5)12-10-15)20-23-18(13-27-20)21(2,3)4/h9-14,17H,6-8H2,1-5H3,(H,22,25)/t17-/m0/s1. The molecule has 0 unspecified atom stereocenters. The number of carbonyl (C=O) groups is 1. The zero-order valence-corrected chi connectivity index (χ0v) is 17.6. The average molecular weight is 388 g/mol. The van der Waals surface area contributed by atoms with Crippen LogP contribution in [0.5, 0.6) is 5.75 Å². The second-order valence-corrected chi connectivity index (χ2v) is 8.88. The quantitative estimate of drug-likeness (QED) is 0.752. The van der Waals surface area contributed by atoms with Crippen molar-refractivity contribution in [3.63, 3.8) is 0 Å². The van der Waals surface area contributed by atoms with Crippen molar-refractivity contribution in [3.8, 4) is 5.75 Å². The number of hydrogen-bond acceptors (Lipinski definition) is 5. The van der Waals surface area contributed by atoms with Crippen LogP contribution in [-0.4, -0.2) is 30.1 Å². The molecule has 1 fully saturated rings. The fourth-order valence-electron chi connectivity index (χ4n) is 2.90. The van der Waals surface area contributed by atoms with Crippen molar-refractivity contribution in [2.45, 2.75) is 64.5 Å². The lowest BCUT2D eigenvalue weighted by Crippen LogP contribution is -2.45. The van der Waals surface area contributed by atoms with E-state index in [2.05, 4.69) is 36.4 Å². The molecule has 0 radical (unpaired) electrons. The smallest absolute Gasteiger partial charge is 0.243 e.